The summed E-state index contributed by atoms with van der Waals surface area (Å²) in [6.45, 7) is 1.80. The molecule has 0 bridgehead atoms. The van der Waals surface area contributed by atoms with Crippen LogP contribution in [0, 0.1) is 0 Å². The molecule has 0 amide bonds. The molecule has 1 aromatic carbocycles. The second-order valence-electron chi connectivity index (χ2n) is 2.63. The number of rotatable bonds is 2. The maximum atomic E-state index is 10.4. The smallest absolute Gasteiger partial charge is 0.127 e. The highest BCUT2D eigenvalue weighted by atomic mass is 35.5. The van der Waals surface area contributed by atoms with Gasteiger partial charge in [-0.25, -0.2) is 0 Å². The third kappa shape index (κ3) is 2.23. The zero-order valence-corrected chi connectivity index (χ0v) is 8.06. The molecule has 0 fully saturated rings. The van der Waals surface area contributed by atoms with Crippen molar-refractivity contribution in [2.24, 2.45) is 0 Å². The molecule has 1 aromatic rings. The number of halogens is 2. The first-order valence-electron chi connectivity index (χ1n) is 3.55. The van der Waals surface area contributed by atoms with Gasteiger partial charge in [-0.1, -0.05) is 30.1 Å². The van der Waals surface area contributed by atoms with Crippen molar-refractivity contribution in [3.63, 3.8) is 0 Å². The largest absolute Gasteiger partial charge is 0.303 e. The van der Waals surface area contributed by atoms with Gasteiger partial charge in [-0.2, -0.15) is 0 Å². The first-order valence-corrected chi connectivity index (χ1v) is 4.30. The second-order valence-corrected chi connectivity index (χ2v) is 3.50. The molecule has 0 aliphatic carbocycles. The lowest BCUT2D eigenvalue weighted by Gasteiger charge is -2.04. The number of carbonyl (C=O) groups is 1. The van der Waals surface area contributed by atoms with Crippen molar-refractivity contribution >= 4 is 29.5 Å². The van der Waals surface area contributed by atoms with Crippen LogP contribution in [0.5, 0.6) is 0 Å². The minimum absolute atomic E-state index is 0.152. The molecule has 0 saturated heterocycles. The van der Waals surface area contributed by atoms with E-state index in [-0.39, 0.29) is 5.92 Å². The number of hydrogen-bond donors (Lipinski definition) is 0. The first-order chi connectivity index (χ1) is 5.63. The van der Waals surface area contributed by atoms with Crippen LogP contribution < -0.4 is 0 Å². The van der Waals surface area contributed by atoms with Crippen LogP contribution in [-0.2, 0) is 4.79 Å². The van der Waals surface area contributed by atoms with Gasteiger partial charge in [0.2, 0.25) is 0 Å². The Hall–Kier alpha value is -0.530. The van der Waals surface area contributed by atoms with Crippen molar-refractivity contribution < 1.29 is 4.79 Å². The Morgan fingerprint density at radius 2 is 1.75 bits per heavy atom. The molecule has 0 spiro atoms. The SMILES string of the molecule is CC(C=O)c1cc(Cl)cc(Cl)c1. The van der Waals surface area contributed by atoms with Crippen LogP contribution in [0.4, 0.5) is 0 Å². The summed E-state index contributed by atoms with van der Waals surface area (Å²) in [4.78, 5) is 10.4. The quantitative estimate of drug-likeness (QED) is 0.674. The van der Waals surface area contributed by atoms with E-state index in [1.807, 2.05) is 0 Å². The van der Waals surface area contributed by atoms with Gasteiger partial charge >= 0.3 is 0 Å². The Balaban J connectivity index is 3.08. The fourth-order valence-corrected chi connectivity index (χ4v) is 1.46. The van der Waals surface area contributed by atoms with Crippen LogP contribution in [-0.4, -0.2) is 6.29 Å². The van der Waals surface area contributed by atoms with Crippen molar-refractivity contribution in [2.45, 2.75) is 12.8 Å². The van der Waals surface area contributed by atoms with E-state index in [9.17, 15) is 4.79 Å². The predicted octanol–water partition coefficient (Wildman–Crippen LogP) is 3.30. The molecule has 64 valence electrons. The van der Waals surface area contributed by atoms with Crippen molar-refractivity contribution in [1.29, 1.82) is 0 Å². The molecular weight excluding hydrogens is 195 g/mol. The van der Waals surface area contributed by atoms with Gasteiger partial charge in [0.25, 0.3) is 0 Å². The molecule has 0 aromatic heterocycles. The Bertz CT molecular complexity index is 276. The van der Waals surface area contributed by atoms with Crippen LogP contribution in [0.3, 0.4) is 0 Å². The summed E-state index contributed by atoms with van der Waals surface area (Å²) in [5, 5.41) is 1.12. The number of carbonyl (C=O) groups excluding carboxylic acids is 1. The lowest BCUT2D eigenvalue weighted by molar-refractivity contribution is -0.108. The standard InChI is InChI=1S/C9H8Cl2O/c1-6(5-12)7-2-8(10)4-9(11)3-7/h2-6H,1H3. The highest BCUT2D eigenvalue weighted by Crippen LogP contribution is 2.23. The molecule has 1 nitrogen and oxygen atoms in total. The van der Waals surface area contributed by atoms with Gasteiger partial charge < -0.3 is 4.79 Å². The number of hydrogen-bond acceptors (Lipinski definition) is 1. The molecule has 0 aliphatic heterocycles. The fraction of sp³-hybridized carbons (Fsp3) is 0.222. The van der Waals surface area contributed by atoms with Gasteiger partial charge in [0.1, 0.15) is 6.29 Å². The molecule has 0 aliphatic rings. The first kappa shape index (κ1) is 9.56. The van der Waals surface area contributed by atoms with Crippen LogP contribution in [0.1, 0.15) is 18.4 Å². The van der Waals surface area contributed by atoms with Crippen LogP contribution >= 0.6 is 23.2 Å². The zero-order chi connectivity index (χ0) is 9.14. The lowest BCUT2D eigenvalue weighted by Crippen LogP contribution is -1.93. The molecule has 1 rings (SSSR count). The van der Waals surface area contributed by atoms with Gasteiger partial charge in [0.15, 0.2) is 0 Å². The summed E-state index contributed by atoms with van der Waals surface area (Å²) in [5.41, 5.74) is 0.850. The molecule has 12 heavy (non-hydrogen) atoms. The molecule has 1 unspecified atom stereocenters. The maximum Gasteiger partial charge on any atom is 0.127 e. The van der Waals surface area contributed by atoms with Gasteiger partial charge in [-0.15, -0.1) is 0 Å². The molecule has 1 atom stereocenters. The monoisotopic (exact) mass is 202 g/mol. The normalized spacial score (nSPS) is 12.6. The Morgan fingerprint density at radius 1 is 1.25 bits per heavy atom. The van der Waals surface area contributed by atoms with E-state index in [4.69, 9.17) is 23.2 Å². The predicted molar refractivity (Wildman–Crippen MR) is 50.9 cm³/mol. The average Bonchev–Trinajstić information content (AvgIpc) is 2.01. The average molecular weight is 203 g/mol. The van der Waals surface area contributed by atoms with Gasteiger partial charge in [0, 0.05) is 16.0 Å². The molecule has 0 saturated carbocycles. The minimum Gasteiger partial charge on any atom is -0.303 e. The third-order valence-corrected chi connectivity index (χ3v) is 2.05. The van der Waals surface area contributed by atoms with Gasteiger partial charge in [-0.05, 0) is 23.8 Å². The summed E-state index contributed by atoms with van der Waals surface area (Å²) < 4.78 is 0. The van der Waals surface area contributed by atoms with Crippen LogP contribution in [0.15, 0.2) is 18.2 Å². The maximum absolute atomic E-state index is 10.4. The van der Waals surface area contributed by atoms with E-state index >= 15 is 0 Å². The van der Waals surface area contributed by atoms with E-state index in [1.165, 1.54) is 0 Å². The Morgan fingerprint density at radius 3 is 2.17 bits per heavy atom. The van der Waals surface area contributed by atoms with E-state index in [1.54, 1.807) is 25.1 Å². The molecular formula is C9H8Cl2O. The summed E-state index contributed by atoms with van der Waals surface area (Å²) in [6, 6.07) is 5.13. The zero-order valence-electron chi connectivity index (χ0n) is 6.55. The summed E-state index contributed by atoms with van der Waals surface area (Å²) >= 11 is 11.5. The van der Waals surface area contributed by atoms with Crippen molar-refractivity contribution in [2.75, 3.05) is 0 Å². The van der Waals surface area contributed by atoms with E-state index in [0.717, 1.165) is 11.8 Å². The van der Waals surface area contributed by atoms with E-state index < -0.39 is 0 Å². The van der Waals surface area contributed by atoms with Gasteiger partial charge in [0.05, 0.1) is 0 Å². The van der Waals surface area contributed by atoms with Crippen LogP contribution in [0.25, 0.3) is 0 Å². The summed E-state index contributed by atoms with van der Waals surface area (Å²) in [7, 11) is 0. The topological polar surface area (TPSA) is 17.1 Å². The summed E-state index contributed by atoms with van der Waals surface area (Å²) in [6.07, 6.45) is 0.863. The van der Waals surface area contributed by atoms with Crippen molar-refractivity contribution in [3.8, 4) is 0 Å². The van der Waals surface area contributed by atoms with Crippen molar-refractivity contribution in [3.05, 3.63) is 33.8 Å². The number of aldehydes is 1. The second kappa shape index (κ2) is 3.92. The highest BCUT2D eigenvalue weighted by molar-refractivity contribution is 6.34. The van der Waals surface area contributed by atoms with E-state index in [0.29, 0.717) is 10.0 Å². The fourth-order valence-electron chi connectivity index (χ4n) is 0.917. The summed E-state index contributed by atoms with van der Waals surface area (Å²) in [5.74, 6) is -0.152. The van der Waals surface area contributed by atoms with Gasteiger partial charge in [-0.3, -0.25) is 0 Å². The minimum atomic E-state index is -0.152. The Kier molecular flexibility index (Phi) is 3.12. The molecule has 0 radical (unpaired) electrons. The van der Waals surface area contributed by atoms with Crippen molar-refractivity contribution in [1.82, 2.24) is 0 Å². The number of benzene rings is 1. The molecule has 0 N–H and O–H groups in total. The lowest BCUT2D eigenvalue weighted by atomic mass is 10.0. The van der Waals surface area contributed by atoms with E-state index in [2.05, 4.69) is 0 Å². The highest BCUT2D eigenvalue weighted by Gasteiger charge is 2.05. The third-order valence-electron chi connectivity index (χ3n) is 1.61. The molecule has 3 heteroatoms. The molecule has 0 heterocycles. The van der Waals surface area contributed by atoms with Crippen LogP contribution in [0.2, 0.25) is 10.0 Å². The Labute approximate surface area is 81.3 Å².